The largest absolute Gasteiger partial charge is 0.393 e. The molecule has 0 bridgehead atoms. The van der Waals surface area contributed by atoms with Crippen LogP contribution in [0.15, 0.2) is 14.7 Å². The van der Waals surface area contributed by atoms with E-state index in [-0.39, 0.29) is 0 Å². The maximum Gasteiger partial charge on any atom is 0.329 e. The van der Waals surface area contributed by atoms with Crippen LogP contribution in [-0.4, -0.2) is 36.1 Å². The number of nitrogens with one attached hydrogen (secondary N) is 1. The molecule has 2 heterocycles. The number of aromatic nitrogens is 4. The second kappa shape index (κ2) is 12.2. The molecule has 29 heavy (non-hydrogen) atoms. The van der Waals surface area contributed by atoms with Gasteiger partial charge >= 0.3 is 5.69 Å². The summed E-state index contributed by atoms with van der Waals surface area (Å²) >= 11 is 1.42. The van der Waals surface area contributed by atoms with Gasteiger partial charge in [0.05, 0.1) is 6.10 Å². The third-order valence-corrected chi connectivity index (χ3v) is 6.38. The highest BCUT2D eigenvalue weighted by Gasteiger charge is 2.17. The molecule has 0 saturated heterocycles. The summed E-state index contributed by atoms with van der Waals surface area (Å²) in [6.07, 6.45) is 12.0. The Kier molecular flexibility index (Phi) is 10.0. The second-order valence-electron chi connectivity index (χ2n) is 7.88. The summed E-state index contributed by atoms with van der Waals surface area (Å²) in [5.41, 5.74) is -0.0141. The lowest BCUT2D eigenvalue weighted by atomic mass is 10.1. The zero-order chi connectivity index (χ0) is 21.2. The fraction of sp³-hybridized carbons (Fsp3) is 0.762. The number of aliphatic hydroxyl groups excluding tert-OH is 1. The highest BCUT2D eigenvalue weighted by Crippen LogP contribution is 2.23. The van der Waals surface area contributed by atoms with Gasteiger partial charge in [0, 0.05) is 19.3 Å². The molecule has 2 aromatic heterocycles. The molecule has 0 aromatic carbocycles. The van der Waals surface area contributed by atoms with E-state index >= 15 is 0 Å². The van der Waals surface area contributed by atoms with Gasteiger partial charge in [-0.15, -0.1) is 0 Å². The maximum absolute atomic E-state index is 12.4. The summed E-state index contributed by atoms with van der Waals surface area (Å²) in [6.45, 7) is 4.66. The minimum absolute atomic E-state index is 0.397. The zero-order valence-corrected chi connectivity index (χ0v) is 18.9. The molecular formula is C21H36N4O3S. The van der Waals surface area contributed by atoms with E-state index in [2.05, 4.69) is 16.9 Å². The quantitative estimate of drug-likeness (QED) is 0.355. The maximum atomic E-state index is 12.4. The zero-order valence-electron chi connectivity index (χ0n) is 18.1. The number of fused-ring (bicyclic) bond motifs is 1. The first-order valence-electron chi connectivity index (χ1n) is 11.0. The Hall–Kier alpha value is -1.54. The monoisotopic (exact) mass is 424 g/mol. The van der Waals surface area contributed by atoms with Crippen molar-refractivity contribution in [3.63, 3.8) is 0 Å². The predicted molar refractivity (Wildman–Crippen MR) is 120 cm³/mol. The number of rotatable bonds is 14. The average molecular weight is 425 g/mol. The third kappa shape index (κ3) is 7.03. The summed E-state index contributed by atoms with van der Waals surface area (Å²) in [5.74, 6) is 0.493. The Morgan fingerprint density at radius 2 is 1.62 bits per heavy atom. The third-order valence-electron chi connectivity index (χ3n) is 5.16. The van der Waals surface area contributed by atoms with Gasteiger partial charge < -0.3 is 9.67 Å². The van der Waals surface area contributed by atoms with E-state index in [1.807, 2.05) is 4.57 Å². The molecule has 0 aliphatic carbocycles. The van der Waals surface area contributed by atoms with Crippen LogP contribution in [0, 0.1) is 0 Å². The number of unbranched alkanes of at least 4 members (excludes halogenated alkanes) is 9. The molecule has 0 amide bonds. The van der Waals surface area contributed by atoms with Gasteiger partial charge in [0.2, 0.25) is 0 Å². The van der Waals surface area contributed by atoms with Crippen LogP contribution in [0.3, 0.4) is 0 Å². The molecule has 1 atom stereocenters. The molecule has 0 fully saturated rings. The van der Waals surface area contributed by atoms with Crippen molar-refractivity contribution in [2.75, 3.05) is 5.75 Å². The Morgan fingerprint density at radius 3 is 2.21 bits per heavy atom. The number of nitrogens with zero attached hydrogens (tertiary/aromatic N) is 3. The van der Waals surface area contributed by atoms with Crippen molar-refractivity contribution >= 4 is 22.9 Å². The second-order valence-corrected chi connectivity index (χ2v) is 8.87. The highest BCUT2D eigenvalue weighted by molar-refractivity contribution is 7.99. The van der Waals surface area contributed by atoms with Crippen LogP contribution < -0.4 is 11.2 Å². The van der Waals surface area contributed by atoms with Crippen LogP contribution in [-0.2, 0) is 13.6 Å². The van der Waals surface area contributed by atoms with Gasteiger partial charge in [-0.05, 0) is 13.3 Å². The lowest BCUT2D eigenvalue weighted by Crippen LogP contribution is -2.29. The van der Waals surface area contributed by atoms with E-state index in [9.17, 15) is 14.7 Å². The smallest absolute Gasteiger partial charge is 0.329 e. The van der Waals surface area contributed by atoms with E-state index in [1.165, 1.54) is 67.7 Å². The van der Waals surface area contributed by atoms with Crippen LogP contribution in [0.25, 0.3) is 11.2 Å². The van der Waals surface area contributed by atoms with Crippen LogP contribution in [0.2, 0.25) is 0 Å². The lowest BCUT2D eigenvalue weighted by molar-refractivity contribution is 0.220. The Bertz CT molecular complexity index is 869. The van der Waals surface area contributed by atoms with Crippen molar-refractivity contribution in [2.45, 2.75) is 95.9 Å². The van der Waals surface area contributed by atoms with Crippen molar-refractivity contribution < 1.29 is 5.11 Å². The first-order chi connectivity index (χ1) is 14.0. The van der Waals surface area contributed by atoms with E-state index < -0.39 is 17.4 Å². The van der Waals surface area contributed by atoms with Gasteiger partial charge in [-0.2, -0.15) is 0 Å². The molecule has 0 saturated carbocycles. The molecule has 2 N–H and O–H groups in total. The fourth-order valence-corrected chi connectivity index (χ4v) is 4.36. The number of hydrogen-bond acceptors (Lipinski definition) is 5. The summed E-state index contributed by atoms with van der Waals surface area (Å²) in [6, 6.07) is 0. The van der Waals surface area contributed by atoms with Crippen molar-refractivity contribution in [2.24, 2.45) is 7.05 Å². The Balaban J connectivity index is 1.96. The summed E-state index contributed by atoms with van der Waals surface area (Å²) in [4.78, 5) is 31.2. The first-order valence-corrected chi connectivity index (χ1v) is 11.9. The minimum Gasteiger partial charge on any atom is -0.393 e. The molecule has 2 aromatic rings. The van der Waals surface area contributed by atoms with Gasteiger partial charge in [0.1, 0.15) is 0 Å². The van der Waals surface area contributed by atoms with Gasteiger partial charge in [0.15, 0.2) is 16.3 Å². The van der Waals surface area contributed by atoms with Crippen molar-refractivity contribution in [1.29, 1.82) is 0 Å². The minimum atomic E-state index is -0.465. The van der Waals surface area contributed by atoms with Crippen LogP contribution >= 0.6 is 11.8 Å². The average Bonchev–Trinajstić information content (AvgIpc) is 3.05. The summed E-state index contributed by atoms with van der Waals surface area (Å²) in [7, 11) is 1.61. The number of imidazole rings is 1. The normalized spacial score (nSPS) is 12.7. The standard InChI is InChI=1S/C21H36N4O3S/c1-4-5-6-7-8-9-10-11-12-13-14-25-17-18(22-21(25)29-15-16(2)26)24(3)20(28)23-19(17)27/h16,26H,4-15H2,1-3H3,(H,23,27,28)/t16-/m1/s1. The van der Waals surface area contributed by atoms with Crippen molar-refractivity contribution in [1.82, 2.24) is 19.1 Å². The van der Waals surface area contributed by atoms with E-state index in [4.69, 9.17) is 0 Å². The van der Waals surface area contributed by atoms with E-state index in [0.717, 1.165) is 12.8 Å². The van der Waals surface area contributed by atoms with Gasteiger partial charge in [0.25, 0.3) is 5.56 Å². The number of aryl methyl sites for hydroxylation is 2. The first kappa shape index (κ1) is 23.7. The summed E-state index contributed by atoms with van der Waals surface area (Å²) in [5, 5.41) is 10.3. The van der Waals surface area contributed by atoms with Crippen LogP contribution in [0.1, 0.15) is 78.1 Å². The number of aliphatic hydroxyl groups is 1. The molecule has 0 spiro atoms. The molecule has 8 heteroatoms. The van der Waals surface area contributed by atoms with Crippen molar-refractivity contribution in [3.8, 4) is 0 Å². The lowest BCUT2D eigenvalue weighted by Gasteiger charge is -2.09. The van der Waals surface area contributed by atoms with Gasteiger partial charge in [-0.25, -0.2) is 9.78 Å². The van der Waals surface area contributed by atoms with E-state index in [1.54, 1.807) is 14.0 Å². The molecule has 7 nitrogen and oxygen atoms in total. The van der Waals surface area contributed by atoms with Crippen LogP contribution in [0.5, 0.6) is 0 Å². The molecule has 164 valence electrons. The molecule has 0 aliphatic heterocycles. The summed E-state index contributed by atoms with van der Waals surface area (Å²) < 4.78 is 3.28. The number of hydrogen-bond donors (Lipinski definition) is 2. The van der Waals surface area contributed by atoms with Crippen molar-refractivity contribution in [3.05, 3.63) is 20.8 Å². The predicted octanol–water partition coefficient (Wildman–Crippen LogP) is 3.82. The molecule has 0 radical (unpaired) electrons. The molecule has 0 aliphatic rings. The SMILES string of the molecule is CCCCCCCCCCCCn1c(SC[C@@H](C)O)nc2c1c(=O)[nH]c(=O)n2C. The number of aromatic amines is 1. The molecule has 0 unspecified atom stereocenters. The molecular weight excluding hydrogens is 388 g/mol. The van der Waals surface area contributed by atoms with E-state index in [0.29, 0.717) is 28.6 Å². The Labute approximate surface area is 176 Å². The number of thioether (sulfide) groups is 1. The topological polar surface area (TPSA) is 92.9 Å². The highest BCUT2D eigenvalue weighted by atomic mass is 32.2. The van der Waals surface area contributed by atoms with Gasteiger partial charge in [-0.1, -0.05) is 76.5 Å². The molecule has 2 rings (SSSR count). The fourth-order valence-electron chi connectivity index (χ4n) is 3.48. The number of H-pyrrole nitrogens is 1. The Morgan fingerprint density at radius 1 is 1.03 bits per heavy atom. The van der Waals surface area contributed by atoms with Gasteiger partial charge in [-0.3, -0.25) is 14.3 Å². The van der Waals surface area contributed by atoms with Crippen LogP contribution in [0.4, 0.5) is 0 Å².